The zero-order chi connectivity index (χ0) is 20.8. The maximum absolute atomic E-state index is 13.0. The molecule has 2 aromatic carbocycles. The smallest absolute Gasteiger partial charge is 0.214 e. The Morgan fingerprint density at radius 3 is 2.66 bits per heavy atom. The largest absolute Gasteiger partial charge is 0.497 e. The summed E-state index contributed by atoms with van der Waals surface area (Å²) in [5.74, 6) is 1.65. The van der Waals surface area contributed by atoms with Crippen LogP contribution in [0.5, 0.6) is 17.2 Å². The molecular formula is C20H22N4O4S. The third kappa shape index (κ3) is 4.51. The Bertz CT molecular complexity index is 992. The Balaban J connectivity index is 1.85. The van der Waals surface area contributed by atoms with Crippen molar-refractivity contribution in [2.45, 2.75) is 24.3 Å². The van der Waals surface area contributed by atoms with Crippen LogP contribution in [-0.2, 0) is 0 Å². The van der Waals surface area contributed by atoms with Gasteiger partial charge in [0.2, 0.25) is 5.16 Å². The minimum Gasteiger partial charge on any atom is -0.497 e. The first kappa shape index (κ1) is 20.7. The second-order valence-electron chi connectivity index (χ2n) is 5.96. The van der Waals surface area contributed by atoms with Crippen molar-refractivity contribution in [1.82, 2.24) is 20.2 Å². The van der Waals surface area contributed by atoms with Crippen molar-refractivity contribution < 1.29 is 19.0 Å². The number of ether oxygens (including phenoxy) is 3. The van der Waals surface area contributed by atoms with E-state index in [0.29, 0.717) is 40.3 Å². The number of hydrogen-bond donors (Lipinski definition) is 0. The molecule has 3 rings (SSSR count). The van der Waals surface area contributed by atoms with Gasteiger partial charge in [-0.05, 0) is 48.5 Å². The molecule has 9 heteroatoms. The van der Waals surface area contributed by atoms with Gasteiger partial charge in [-0.15, -0.1) is 5.10 Å². The fraction of sp³-hybridized carbons (Fsp3) is 0.300. The van der Waals surface area contributed by atoms with Gasteiger partial charge in [-0.3, -0.25) is 4.79 Å². The van der Waals surface area contributed by atoms with Gasteiger partial charge in [0.25, 0.3) is 0 Å². The van der Waals surface area contributed by atoms with Crippen molar-refractivity contribution in [3.8, 4) is 22.9 Å². The number of benzene rings is 2. The van der Waals surface area contributed by atoms with Gasteiger partial charge >= 0.3 is 0 Å². The molecule has 0 fully saturated rings. The predicted molar refractivity (Wildman–Crippen MR) is 110 cm³/mol. The summed E-state index contributed by atoms with van der Waals surface area (Å²) in [5, 5.41) is 12.0. The molecule has 3 aromatic rings. The van der Waals surface area contributed by atoms with Crippen LogP contribution in [0.2, 0.25) is 0 Å². The van der Waals surface area contributed by atoms with Crippen LogP contribution in [0.4, 0.5) is 0 Å². The second-order valence-corrected chi connectivity index (χ2v) is 7.27. The summed E-state index contributed by atoms with van der Waals surface area (Å²) in [5.41, 5.74) is 1.19. The molecule has 0 saturated heterocycles. The van der Waals surface area contributed by atoms with Crippen LogP contribution in [0.3, 0.4) is 0 Å². The standard InChI is InChI=1S/C20H22N4O4S/c1-5-28-17-9-7-6-8-16(17)24-20(21-22-23-24)29-13(2)19(25)15-11-10-14(26-3)12-18(15)27-4/h6-13H,5H2,1-4H3/t13-/m0/s1. The molecule has 0 amide bonds. The first-order chi connectivity index (χ1) is 14.1. The Morgan fingerprint density at radius 2 is 1.93 bits per heavy atom. The van der Waals surface area contributed by atoms with Crippen LogP contribution in [0.15, 0.2) is 47.6 Å². The van der Waals surface area contributed by atoms with E-state index in [1.807, 2.05) is 38.1 Å². The highest BCUT2D eigenvalue weighted by atomic mass is 32.2. The molecule has 0 unspecified atom stereocenters. The molecule has 1 aromatic heterocycles. The molecular weight excluding hydrogens is 392 g/mol. The lowest BCUT2D eigenvalue weighted by Crippen LogP contribution is -2.16. The Morgan fingerprint density at radius 1 is 1.14 bits per heavy atom. The number of carbonyl (C=O) groups excluding carboxylic acids is 1. The molecule has 0 N–H and O–H groups in total. The number of nitrogens with zero attached hydrogens (tertiary/aromatic N) is 4. The zero-order valence-corrected chi connectivity index (χ0v) is 17.5. The van der Waals surface area contributed by atoms with Crippen LogP contribution in [-0.4, -0.2) is 52.1 Å². The highest BCUT2D eigenvalue weighted by Crippen LogP contribution is 2.32. The number of tetrazole rings is 1. The SMILES string of the molecule is CCOc1ccccc1-n1nnnc1S[C@@H](C)C(=O)c1ccc(OC)cc1OC. The summed E-state index contributed by atoms with van der Waals surface area (Å²) in [6.07, 6.45) is 0. The lowest BCUT2D eigenvalue weighted by atomic mass is 10.1. The number of para-hydroxylation sites is 2. The predicted octanol–water partition coefficient (Wildman–Crippen LogP) is 3.44. The first-order valence-corrected chi connectivity index (χ1v) is 9.90. The van der Waals surface area contributed by atoms with E-state index in [0.717, 1.165) is 0 Å². The van der Waals surface area contributed by atoms with E-state index >= 15 is 0 Å². The summed E-state index contributed by atoms with van der Waals surface area (Å²) in [6.45, 7) is 4.24. The van der Waals surface area contributed by atoms with Crippen LogP contribution >= 0.6 is 11.8 Å². The van der Waals surface area contributed by atoms with Gasteiger partial charge < -0.3 is 14.2 Å². The summed E-state index contributed by atoms with van der Waals surface area (Å²) in [4.78, 5) is 13.0. The third-order valence-corrected chi connectivity index (χ3v) is 5.19. The highest BCUT2D eigenvalue weighted by molar-refractivity contribution is 8.00. The number of Topliss-reactive ketones (excluding diaryl/α,β-unsaturated/α-hetero) is 1. The zero-order valence-electron chi connectivity index (χ0n) is 16.7. The number of aromatic nitrogens is 4. The number of hydrogen-bond acceptors (Lipinski definition) is 8. The number of rotatable bonds is 9. The minimum absolute atomic E-state index is 0.0952. The minimum atomic E-state index is -0.443. The van der Waals surface area contributed by atoms with Crippen LogP contribution in [0.25, 0.3) is 5.69 Å². The van der Waals surface area contributed by atoms with E-state index < -0.39 is 5.25 Å². The van der Waals surface area contributed by atoms with Gasteiger partial charge in [0.05, 0.1) is 31.6 Å². The highest BCUT2D eigenvalue weighted by Gasteiger charge is 2.24. The quantitative estimate of drug-likeness (QED) is 0.389. The Labute approximate surface area is 173 Å². The summed E-state index contributed by atoms with van der Waals surface area (Å²) >= 11 is 1.27. The van der Waals surface area contributed by atoms with Crippen molar-refractivity contribution in [3.05, 3.63) is 48.0 Å². The van der Waals surface area contributed by atoms with E-state index in [1.54, 1.807) is 30.0 Å². The maximum atomic E-state index is 13.0. The lowest BCUT2D eigenvalue weighted by molar-refractivity contribution is 0.0991. The van der Waals surface area contributed by atoms with Crippen molar-refractivity contribution in [3.63, 3.8) is 0 Å². The topological polar surface area (TPSA) is 88.4 Å². The first-order valence-electron chi connectivity index (χ1n) is 9.02. The fourth-order valence-corrected chi connectivity index (χ4v) is 3.61. The third-order valence-electron chi connectivity index (χ3n) is 4.16. The number of carbonyl (C=O) groups is 1. The van der Waals surface area contributed by atoms with Crippen molar-refractivity contribution in [2.75, 3.05) is 20.8 Å². The van der Waals surface area contributed by atoms with E-state index in [9.17, 15) is 4.79 Å². The van der Waals surface area contributed by atoms with Crippen molar-refractivity contribution in [2.24, 2.45) is 0 Å². The van der Waals surface area contributed by atoms with E-state index in [2.05, 4.69) is 15.5 Å². The van der Waals surface area contributed by atoms with Gasteiger partial charge in [-0.25, -0.2) is 0 Å². The summed E-state index contributed by atoms with van der Waals surface area (Å²) in [7, 11) is 3.09. The van der Waals surface area contributed by atoms with Crippen LogP contribution < -0.4 is 14.2 Å². The number of ketones is 1. The molecule has 0 aliphatic rings. The van der Waals surface area contributed by atoms with Crippen molar-refractivity contribution in [1.29, 1.82) is 0 Å². The van der Waals surface area contributed by atoms with Gasteiger partial charge in [0.15, 0.2) is 5.78 Å². The van der Waals surface area contributed by atoms with E-state index in [-0.39, 0.29) is 5.78 Å². The molecule has 29 heavy (non-hydrogen) atoms. The Kier molecular flexibility index (Phi) is 6.71. The lowest BCUT2D eigenvalue weighted by Gasteiger charge is -2.14. The molecule has 0 aliphatic heterocycles. The fourth-order valence-electron chi connectivity index (χ4n) is 2.75. The summed E-state index contributed by atoms with van der Waals surface area (Å²) < 4.78 is 17.8. The summed E-state index contributed by atoms with van der Waals surface area (Å²) in [6, 6.07) is 12.6. The number of methoxy groups -OCH3 is 2. The van der Waals surface area contributed by atoms with E-state index in [1.165, 1.54) is 18.9 Å². The average molecular weight is 414 g/mol. The average Bonchev–Trinajstić information content (AvgIpc) is 3.21. The van der Waals surface area contributed by atoms with Gasteiger partial charge in [0, 0.05) is 6.07 Å². The monoisotopic (exact) mass is 414 g/mol. The molecule has 1 heterocycles. The second kappa shape index (κ2) is 9.42. The molecule has 0 saturated carbocycles. The normalized spacial score (nSPS) is 11.7. The van der Waals surface area contributed by atoms with Crippen molar-refractivity contribution >= 4 is 17.5 Å². The van der Waals surface area contributed by atoms with Gasteiger partial charge in [0.1, 0.15) is 22.9 Å². The molecule has 0 bridgehead atoms. The van der Waals surface area contributed by atoms with Crippen LogP contribution in [0, 0.1) is 0 Å². The maximum Gasteiger partial charge on any atom is 0.214 e. The molecule has 0 radical (unpaired) electrons. The molecule has 0 spiro atoms. The Hall–Kier alpha value is -3.07. The molecule has 8 nitrogen and oxygen atoms in total. The van der Waals surface area contributed by atoms with Gasteiger partial charge in [-0.2, -0.15) is 4.68 Å². The molecule has 0 aliphatic carbocycles. The molecule has 1 atom stereocenters. The number of thioether (sulfide) groups is 1. The van der Waals surface area contributed by atoms with E-state index in [4.69, 9.17) is 14.2 Å². The van der Waals surface area contributed by atoms with Crippen LogP contribution in [0.1, 0.15) is 24.2 Å². The molecule has 152 valence electrons. The van der Waals surface area contributed by atoms with Gasteiger partial charge in [-0.1, -0.05) is 23.9 Å².